The first-order valence-electron chi connectivity index (χ1n) is 5.74. The van der Waals surface area contributed by atoms with Crippen LogP contribution in [0.1, 0.15) is 31.8 Å². The third kappa shape index (κ3) is 2.42. The number of hydrogen-bond donors (Lipinski definition) is 1. The summed E-state index contributed by atoms with van der Waals surface area (Å²) in [5.74, 6) is -3.77. The van der Waals surface area contributed by atoms with Crippen LogP contribution < -0.4 is 0 Å². The zero-order valence-corrected chi connectivity index (χ0v) is 10.5. The predicted molar refractivity (Wildman–Crippen MR) is 67.9 cm³/mol. The van der Waals surface area contributed by atoms with Crippen LogP contribution >= 0.6 is 0 Å². The van der Waals surface area contributed by atoms with Crippen LogP contribution in [0.3, 0.4) is 0 Å². The van der Waals surface area contributed by atoms with Gasteiger partial charge in [0, 0.05) is 5.56 Å². The molecule has 0 heterocycles. The average molecular weight is 276 g/mol. The van der Waals surface area contributed by atoms with Crippen molar-refractivity contribution < 1.29 is 23.5 Å². The first-order chi connectivity index (χ1) is 9.41. The first-order valence-corrected chi connectivity index (χ1v) is 5.74. The number of carbonyl (C=O) groups is 2. The number of carboxylic acids is 1. The Balaban J connectivity index is 2.58. The van der Waals surface area contributed by atoms with Gasteiger partial charge in [0.1, 0.15) is 11.6 Å². The normalized spacial score (nSPS) is 10.3. The Labute approximate surface area is 113 Å². The summed E-state index contributed by atoms with van der Waals surface area (Å²) >= 11 is 0. The molecule has 0 fully saturated rings. The SMILES string of the molecule is Cc1cc(F)c(C(=O)c2ccccc2C(=O)O)cc1F. The summed E-state index contributed by atoms with van der Waals surface area (Å²) in [7, 11) is 0. The molecule has 20 heavy (non-hydrogen) atoms. The largest absolute Gasteiger partial charge is 0.478 e. The summed E-state index contributed by atoms with van der Waals surface area (Å²) in [5, 5.41) is 9.01. The van der Waals surface area contributed by atoms with Gasteiger partial charge in [0.15, 0.2) is 5.78 Å². The zero-order chi connectivity index (χ0) is 14.9. The highest BCUT2D eigenvalue weighted by atomic mass is 19.1. The molecular formula is C15H10F2O3. The Hall–Kier alpha value is -2.56. The number of carboxylic acid groups (broad SMARTS) is 1. The highest BCUT2D eigenvalue weighted by Gasteiger charge is 2.21. The molecule has 0 radical (unpaired) electrons. The van der Waals surface area contributed by atoms with Gasteiger partial charge in [-0.1, -0.05) is 18.2 Å². The highest BCUT2D eigenvalue weighted by Crippen LogP contribution is 2.20. The van der Waals surface area contributed by atoms with E-state index in [2.05, 4.69) is 0 Å². The first kappa shape index (κ1) is 13.9. The van der Waals surface area contributed by atoms with Gasteiger partial charge in [0.2, 0.25) is 0 Å². The molecule has 5 heteroatoms. The molecule has 0 aliphatic heterocycles. The van der Waals surface area contributed by atoms with E-state index in [9.17, 15) is 18.4 Å². The van der Waals surface area contributed by atoms with Crippen LogP contribution in [-0.2, 0) is 0 Å². The summed E-state index contributed by atoms with van der Waals surface area (Å²) in [6.07, 6.45) is 0. The summed E-state index contributed by atoms with van der Waals surface area (Å²) < 4.78 is 27.2. The molecule has 2 aromatic rings. The van der Waals surface area contributed by atoms with Crippen LogP contribution in [0.5, 0.6) is 0 Å². The van der Waals surface area contributed by atoms with Crippen molar-refractivity contribution in [2.45, 2.75) is 6.92 Å². The Morgan fingerprint density at radius 2 is 1.55 bits per heavy atom. The van der Waals surface area contributed by atoms with E-state index in [1.54, 1.807) is 0 Å². The smallest absolute Gasteiger partial charge is 0.336 e. The molecule has 0 aliphatic rings. The minimum atomic E-state index is -1.30. The van der Waals surface area contributed by atoms with E-state index in [-0.39, 0.29) is 16.7 Å². The molecular weight excluding hydrogens is 266 g/mol. The molecule has 0 atom stereocenters. The highest BCUT2D eigenvalue weighted by molar-refractivity contribution is 6.14. The third-order valence-electron chi connectivity index (χ3n) is 2.90. The Morgan fingerprint density at radius 3 is 2.15 bits per heavy atom. The summed E-state index contributed by atoms with van der Waals surface area (Å²) in [4.78, 5) is 23.2. The average Bonchev–Trinajstić information content (AvgIpc) is 2.42. The van der Waals surface area contributed by atoms with E-state index in [4.69, 9.17) is 5.11 Å². The van der Waals surface area contributed by atoms with Gasteiger partial charge in [-0.15, -0.1) is 0 Å². The fourth-order valence-electron chi connectivity index (χ4n) is 1.83. The lowest BCUT2D eigenvalue weighted by atomic mass is 9.97. The lowest BCUT2D eigenvalue weighted by Gasteiger charge is -2.07. The van der Waals surface area contributed by atoms with E-state index in [1.165, 1.54) is 31.2 Å². The van der Waals surface area contributed by atoms with Gasteiger partial charge in [-0.05, 0) is 30.7 Å². The second kappa shape index (κ2) is 5.21. The number of hydrogen-bond acceptors (Lipinski definition) is 2. The number of aryl methyl sites for hydroxylation is 1. The third-order valence-corrected chi connectivity index (χ3v) is 2.90. The van der Waals surface area contributed by atoms with Crippen LogP contribution in [0.15, 0.2) is 36.4 Å². The molecule has 2 aromatic carbocycles. The molecule has 0 aliphatic carbocycles. The van der Waals surface area contributed by atoms with Gasteiger partial charge in [-0.3, -0.25) is 4.79 Å². The number of benzene rings is 2. The number of aromatic carboxylic acids is 1. The van der Waals surface area contributed by atoms with Crippen molar-refractivity contribution in [2.24, 2.45) is 0 Å². The second-order valence-electron chi connectivity index (χ2n) is 4.26. The fourth-order valence-corrected chi connectivity index (χ4v) is 1.83. The van der Waals surface area contributed by atoms with E-state index < -0.39 is 29.0 Å². The molecule has 0 amide bonds. The van der Waals surface area contributed by atoms with Gasteiger partial charge in [-0.25, -0.2) is 13.6 Å². The van der Waals surface area contributed by atoms with Crippen LogP contribution in [0.25, 0.3) is 0 Å². The molecule has 102 valence electrons. The molecule has 3 nitrogen and oxygen atoms in total. The van der Waals surface area contributed by atoms with Crippen molar-refractivity contribution in [3.63, 3.8) is 0 Å². The van der Waals surface area contributed by atoms with E-state index >= 15 is 0 Å². The number of ketones is 1. The maximum Gasteiger partial charge on any atom is 0.336 e. The van der Waals surface area contributed by atoms with Crippen molar-refractivity contribution in [1.82, 2.24) is 0 Å². The lowest BCUT2D eigenvalue weighted by molar-refractivity contribution is 0.0692. The number of rotatable bonds is 3. The molecule has 2 rings (SSSR count). The summed E-state index contributed by atoms with van der Waals surface area (Å²) in [6, 6.07) is 7.10. The van der Waals surface area contributed by atoms with Gasteiger partial charge >= 0.3 is 5.97 Å². The molecule has 1 N–H and O–H groups in total. The quantitative estimate of drug-likeness (QED) is 0.876. The molecule has 0 spiro atoms. The second-order valence-corrected chi connectivity index (χ2v) is 4.26. The zero-order valence-electron chi connectivity index (χ0n) is 10.5. The van der Waals surface area contributed by atoms with E-state index in [0.717, 1.165) is 12.1 Å². The van der Waals surface area contributed by atoms with Crippen LogP contribution in [0.4, 0.5) is 8.78 Å². The van der Waals surface area contributed by atoms with Crippen molar-refractivity contribution in [2.75, 3.05) is 0 Å². The van der Waals surface area contributed by atoms with E-state index in [1.807, 2.05) is 0 Å². The molecule has 0 saturated heterocycles. The van der Waals surface area contributed by atoms with E-state index in [0.29, 0.717) is 0 Å². The summed E-state index contributed by atoms with van der Waals surface area (Å²) in [5.41, 5.74) is -0.840. The lowest BCUT2D eigenvalue weighted by Crippen LogP contribution is -2.11. The number of carbonyl (C=O) groups excluding carboxylic acids is 1. The maximum absolute atomic E-state index is 13.8. The molecule has 0 aromatic heterocycles. The topological polar surface area (TPSA) is 54.4 Å². The minimum absolute atomic E-state index is 0.0746. The standard InChI is InChI=1S/C15H10F2O3/c1-8-6-13(17)11(7-12(8)16)14(18)9-4-2-3-5-10(9)15(19)20/h2-7H,1H3,(H,19,20). The Bertz CT molecular complexity index is 708. The fraction of sp³-hybridized carbons (Fsp3) is 0.0667. The van der Waals surface area contributed by atoms with Crippen LogP contribution in [-0.4, -0.2) is 16.9 Å². The molecule has 0 bridgehead atoms. The van der Waals surface area contributed by atoms with Crippen molar-refractivity contribution >= 4 is 11.8 Å². The van der Waals surface area contributed by atoms with Crippen molar-refractivity contribution in [3.05, 3.63) is 70.3 Å². The van der Waals surface area contributed by atoms with Crippen molar-refractivity contribution in [3.8, 4) is 0 Å². The molecule has 0 saturated carbocycles. The summed E-state index contributed by atoms with van der Waals surface area (Å²) in [6.45, 7) is 1.37. The maximum atomic E-state index is 13.8. The minimum Gasteiger partial charge on any atom is -0.478 e. The Morgan fingerprint density at radius 1 is 0.950 bits per heavy atom. The monoisotopic (exact) mass is 276 g/mol. The van der Waals surface area contributed by atoms with Crippen molar-refractivity contribution in [1.29, 1.82) is 0 Å². The van der Waals surface area contributed by atoms with Gasteiger partial charge in [-0.2, -0.15) is 0 Å². The van der Waals surface area contributed by atoms with Gasteiger partial charge in [0.05, 0.1) is 11.1 Å². The Kier molecular flexibility index (Phi) is 3.61. The predicted octanol–water partition coefficient (Wildman–Crippen LogP) is 3.20. The number of halogens is 2. The van der Waals surface area contributed by atoms with Crippen LogP contribution in [0, 0.1) is 18.6 Å². The van der Waals surface area contributed by atoms with Gasteiger partial charge < -0.3 is 5.11 Å². The molecule has 0 unspecified atom stereocenters. The van der Waals surface area contributed by atoms with Crippen LogP contribution in [0.2, 0.25) is 0 Å². The van der Waals surface area contributed by atoms with Gasteiger partial charge in [0.25, 0.3) is 0 Å².